The lowest BCUT2D eigenvalue weighted by Gasteiger charge is -2.19. The Kier molecular flexibility index (Phi) is 5.05. The number of nitrogens with one attached hydrogen (secondary N) is 1. The van der Waals surface area contributed by atoms with Gasteiger partial charge >= 0.3 is 0 Å². The molecule has 0 saturated carbocycles. The monoisotopic (exact) mass is 278 g/mol. The number of benzene rings is 1. The van der Waals surface area contributed by atoms with Crippen LogP contribution in [0.1, 0.15) is 30.3 Å². The summed E-state index contributed by atoms with van der Waals surface area (Å²) < 4.78 is 13.9. The molecule has 1 aromatic carbocycles. The lowest BCUT2D eigenvalue weighted by atomic mass is 9.95. The Morgan fingerprint density at radius 3 is 2.74 bits per heavy atom. The quantitative estimate of drug-likeness (QED) is 0.873. The molecule has 1 atom stereocenters. The number of nitrogens with zero attached hydrogens (tertiary/aromatic N) is 1. The maximum Gasteiger partial charge on any atom is 0.126 e. The van der Waals surface area contributed by atoms with Crippen LogP contribution in [0, 0.1) is 5.82 Å². The van der Waals surface area contributed by atoms with Crippen LogP contribution >= 0.6 is 11.3 Å². The van der Waals surface area contributed by atoms with Crippen molar-refractivity contribution < 1.29 is 4.39 Å². The van der Waals surface area contributed by atoms with E-state index >= 15 is 0 Å². The van der Waals surface area contributed by atoms with Crippen LogP contribution < -0.4 is 5.32 Å². The Balaban J connectivity index is 2.16. The minimum atomic E-state index is -0.130. The summed E-state index contributed by atoms with van der Waals surface area (Å²) in [7, 11) is 0. The first-order chi connectivity index (χ1) is 9.16. The molecule has 0 aliphatic rings. The second-order valence-corrected chi connectivity index (χ2v) is 5.89. The van der Waals surface area contributed by atoms with Gasteiger partial charge in [-0.25, -0.2) is 9.37 Å². The van der Waals surface area contributed by atoms with Gasteiger partial charge in [0.25, 0.3) is 0 Å². The van der Waals surface area contributed by atoms with E-state index in [-0.39, 0.29) is 11.7 Å². The molecule has 0 amide bonds. The predicted octanol–water partition coefficient (Wildman–Crippen LogP) is 3.61. The fourth-order valence-electron chi connectivity index (χ4n) is 2.04. The van der Waals surface area contributed by atoms with Crippen molar-refractivity contribution in [3.8, 4) is 0 Å². The molecule has 2 aromatic rings. The van der Waals surface area contributed by atoms with Gasteiger partial charge < -0.3 is 5.32 Å². The Bertz CT molecular complexity index is 497. The molecule has 1 aromatic heterocycles. The average Bonchev–Trinajstić information content (AvgIpc) is 2.88. The average molecular weight is 278 g/mol. The summed E-state index contributed by atoms with van der Waals surface area (Å²) in [4.78, 5) is 4.31. The smallest absolute Gasteiger partial charge is 0.126 e. The van der Waals surface area contributed by atoms with Crippen molar-refractivity contribution in [2.24, 2.45) is 0 Å². The van der Waals surface area contributed by atoms with Gasteiger partial charge in [-0.1, -0.05) is 32.0 Å². The zero-order valence-corrected chi connectivity index (χ0v) is 12.1. The molecular formula is C15H19FN2S. The molecule has 2 rings (SSSR count). The number of halogens is 1. The maximum absolute atomic E-state index is 13.9. The van der Waals surface area contributed by atoms with E-state index in [1.54, 1.807) is 23.6 Å². The van der Waals surface area contributed by atoms with E-state index in [2.05, 4.69) is 24.1 Å². The van der Waals surface area contributed by atoms with E-state index in [0.29, 0.717) is 6.04 Å². The lowest BCUT2D eigenvalue weighted by Crippen LogP contribution is -2.29. The molecule has 1 N–H and O–H groups in total. The summed E-state index contributed by atoms with van der Waals surface area (Å²) in [5.41, 5.74) is 0.769. The van der Waals surface area contributed by atoms with Gasteiger partial charge in [-0.3, -0.25) is 0 Å². The molecule has 0 bridgehead atoms. The summed E-state index contributed by atoms with van der Waals surface area (Å²) in [6.07, 6.45) is 2.58. The number of rotatable bonds is 6. The summed E-state index contributed by atoms with van der Waals surface area (Å²) in [6.45, 7) is 4.96. The van der Waals surface area contributed by atoms with Crippen LogP contribution in [0.25, 0.3) is 0 Å². The first-order valence-corrected chi connectivity index (χ1v) is 7.41. The molecule has 0 spiro atoms. The third-order valence-corrected chi connectivity index (χ3v) is 3.82. The molecule has 0 saturated heterocycles. The molecule has 102 valence electrons. The standard InChI is InChI=1S/C15H19FN2S/c1-11(2)18-10-12(9-15-17-7-8-19-15)13-5-3-4-6-14(13)16/h3-8,11-12,18H,9-10H2,1-2H3. The van der Waals surface area contributed by atoms with E-state index in [9.17, 15) is 4.39 Å². The van der Waals surface area contributed by atoms with Gasteiger partial charge in [-0.05, 0) is 11.6 Å². The second kappa shape index (κ2) is 6.78. The zero-order chi connectivity index (χ0) is 13.7. The summed E-state index contributed by atoms with van der Waals surface area (Å²) in [5, 5.41) is 6.41. The van der Waals surface area contributed by atoms with Gasteiger partial charge in [0, 0.05) is 36.5 Å². The third kappa shape index (κ3) is 4.11. The van der Waals surface area contributed by atoms with Crippen LogP contribution in [0.15, 0.2) is 35.8 Å². The van der Waals surface area contributed by atoms with Crippen LogP contribution in [0.3, 0.4) is 0 Å². The lowest BCUT2D eigenvalue weighted by molar-refractivity contribution is 0.505. The Hall–Kier alpha value is -1.26. The molecule has 4 heteroatoms. The second-order valence-electron chi connectivity index (χ2n) is 4.91. The van der Waals surface area contributed by atoms with Crippen LogP contribution in [-0.4, -0.2) is 17.6 Å². The largest absolute Gasteiger partial charge is 0.314 e. The van der Waals surface area contributed by atoms with Crippen molar-refractivity contribution in [2.75, 3.05) is 6.54 Å². The molecule has 0 fully saturated rings. The number of thiazole rings is 1. The Morgan fingerprint density at radius 1 is 1.32 bits per heavy atom. The minimum Gasteiger partial charge on any atom is -0.314 e. The molecule has 0 radical (unpaired) electrons. The maximum atomic E-state index is 13.9. The minimum absolute atomic E-state index is 0.120. The van der Waals surface area contributed by atoms with E-state index in [4.69, 9.17) is 0 Å². The van der Waals surface area contributed by atoms with Crippen LogP contribution in [0.5, 0.6) is 0 Å². The van der Waals surface area contributed by atoms with Crippen LogP contribution in [0.4, 0.5) is 4.39 Å². The number of hydrogen-bond acceptors (Lipinski definition) is 3. The summed E-state index contributed by atoms with van der Waals surface area (Å²) >= 11 is 1.62. The summed E-state index contributed by atoms with van der Waals surface area (Å²) in [6, 6.07) is 7.41. The van der Waals surface area contributed by atoms with Gasteiger partial charge in [0.2, 0.25) is 0 Å². The highest BCUT2D eigenvalue weighted by Crippen LogP contribution is 2.24. The highest BCUT2D eigenvalue weighted by atomic mass is 32.1. The van der Waals surface area contributed by atoms with E-state index in [0.717, 1.165) is 23.5 Å². The van der Waals surface area contributed by atoms with E-state index < -0.39 is 0 Å². The normalized spacial score (nSPS) is 12.8. The van der Waals surface area contributed by atoms with E-state index in [1.807, 2.05) is 17.5 Å². The molecule has 1 unspecified atom stereocenters. The van der Waals surface area contributed by atoms with Gasteiger partial charge in [0.1, 0.15) is 5.82 Å². The molecule has 1 heterocycles. The van der Waals surface area contributed by atoms with E-state index in [1.165, 1.54) is 6.07 Å². The zero-order valence-electron chi connectivity index (χ0n) is 11.3. The first-order valence-electron chi connectivity index (χ1n) is 6.53. The molecule has 0 aliphatic heterocycles. The van der Waals surface area contributed by atoms with Crippen molar-refractivity contribution in [1.29, 1.82) is 0 Å². The van der Waals surface area contributed by atoms with Crippen molar-refractivity contribution in [3.63, 3.8) is 0 Å². The summed E-state index contributed by atoms with van der Waals surface area (Å²) in [5.74, 6) is -0.00985. The van der Waals surface area contributed by atoms with Crippen LogP contribution in [0.2, 0.25) is 0 Å². The molecule has 2 nitrogen and oxygen atoms in total. The van der Waals surface area contributed by atoms with Crippen molar-refractivity contribution >= 4 is 11.3 Å². The highest BCUT2D eigenvalue weighted by Gasteiger charge is 2.17. The first kappa shape index (κ1) is 14.2. The Labute approximate surface area is 117 Å². The third-order valence-electron chi connectivity index (χ3n) is 3.02. The van der Waals surface area contributed by atoms with Gasteiger partial charge in [0.05, 0.1) is 5.01 Å². The van der Waals surface area contributed by atoms with Gasteiger partial charge in [-0.15, -0.1) is 11.3 Å². The van der Waals surface area contributed by atoms with Gasteiger partial charge in [-0.2, -0.15) is 0 Å². The van der Waals surface area contributed by atoms with Crippen LogP contribution in [-0.2, 0) is 6.42 Å². The molecular weight excluding hydrogens is 259 g/mol. The van der Waals surface area contributed by atoms with Crippen molar-refractivity contribution in [2.45, 2.75) is 32.2 Å². The number of aromatic nitrogens is 1. The predicted molar refractivity (Wildman–Crippen MR) is 78.1 cm³/mol. The number of hydrogen-bond donors (Lipinski definition) is 1. The van der Waals surface area contributed by atoms with Crippen molar-refractivity contribution in [3.05, 3.63) is 52.2 Å². The van der Waals surface area contributed by atoms with Crippen molar-refractivity contribution in [1.82, 2.24) is 10.3 Å². The molecule has 0 aliphatic carbocycles. The highest BCUT2D eigenvalue weighted by molar-refractivity contribution is 7.09. The molecule has 19 heavy (non-hydrogen) atoms. The SMILES string of the molecule is CC(C)NCC(Cc1nccs1)c1ccccc1F. The Morgan fingerprint density at radius 2 is 2.11 bits per heavy atom. The fourth-order valence-corrected chi connectivity index (χ4v) is 2.74. The fraction of sp³-hybridized carbons (Fsp3) is 0.400. The van der Waals surface area contributed by atoms with Gasteiger partial charge in [0.15, 0.2) is 0 Å². The topological polar surface area (TPSA) is 24.9 Å².